The summed E-state index contributed by atoms with van der Waals surface area (Å²) < 4.78 is 35.0. The number of rotatable bonds is 8. The third kappa shape index (κ3) is 6.44. The molecule has 0 unspecified atom stereocenters. The van der Waals surface area contributed by atoms with Crippen LogP contribution in [0.25, 0.3) is 10.2 Å². The maximum Gasteiger partial charge on any atom is 0.264 e. The van der Waals surface area contributed by atoms with Crippen LogP contribution < -0.4 is 9.21 Å². The Morgan fingerprint density at radius 3 is 2.57 bits per heavy atom. The molecular formula is C30H32Cl2N4O4S2. The first-order chi connectivity index (χ1) is 19.9. The van der Waals surface area contributed by atoms with Crippen LogP contribution in [0.4, 0.5) is 10.8 Å². The molecule has 0 N–H and O–H groups in total. The molecule has 4 aromatic rings. The minimum atomic E-state index is -3.77. The topological polar surface area (TPSA) is 83.1 Å². The van der Waals surface area contributed by atoms with Crippen LogP contribution >= 0.6 is 35.3 Å². The second-order valence-electron chi connectivity index (χ2n) is 10.2. The van der Waals surface area contributed by atoms with Gasteiger partial charge in [-0.25, -0.2) is 13.4 Å². The lowest BCUT2D eigenvalue weighted by Crippen LogP contribution is -2.39. The second-order valence-corrected chi connectivity index (χ2v) is 13.5. The van der Waals surface area contributed by atoms with Crippen molar-refractivity contribution in [3.63, 3.8) is 0 Å². The molecule has 12 heteroatoms. The second kappa shape index (κ2) is 13.3. The average molecular weight is 648 g/mol. The zero-order chi connectivity index (χ0) is 28.4. The van der Waals surface area contributed by atoms with E-state index in [1.54, 1.807) is 23.1 Å². The van der Waals surface area contributed by atoms with Crippen LogP contribution in [0.2, 0.25) is 5.02 Å². The van der Waals surface area contributed by atoms with Crippen molar-refractivity contribution in [1.82, 2.24) is 9.88 Å². The Kier molecular flexibility index (Phi) is 9.71. The number of aryl methyl sites for hydroxylation is 1. The molecule has 1 fully saturated rings. The Balaban J connectivity index is 0.00000353. The van der Waals surface area contributed by atoms with Crippen molar-refractivity contribution in [2.75, 3.05) is 55.1 Å². The molecule has 0 bridgehead atoms. The molecule has 0 aliphatic carbocycles. The van der Waals surface area contributed by atoms with Crippen LogP contribution in [0.1, 0.15) is 28.8 Å². The molecule has 1 amide bonds. The zero-order valence-corrected chi connectivity index (χ0v) is 26.2. The number of para-hydroxylation sites is 1. The third-order valence-electron chi connectivity index (χ3n) is 7.53. The van der Waals surface area contributed by atoms with Gasteiger partial charge in [0.1, 0.15) is 0 Å². The maximum absolute atomic E-state index is 13.9. The van der Waals surface area contributed by atoms with Gasteiger partial charge in [-0.2, -0.15) is 0 Å². The lowest BCUT2D eigenvalue weighted by Gasteiger charge is -2.30. The van der Waals surface area contributed by atoms with Crippen molar-refractivity contribution in [2.24, 2.45) is 0 Å². The highest BCUT2D eigenvalue weighted by molar-refractivity contribution is 7.92. The lowest BCUT2D eigenvalue weighted by atomic mass is 10.0. The first-order valence-corrected chi connectivity index (χ1v) is 16.4. The number of amides is 1. The quantitative estimate of drug-likeness (QED) is 0.238. The van der Waals surface area contributed by atoms with Gasteiger partial charge < -0.3 is 4.74 Å². The summed E-state index contributed by atoms with van der Waals surface area (Å²) in [5.74, 6) is -0.218. The van der Waals surface area contributed by atoms with E-state index < -0.39 is 10.0 Å². The average Bonchev–Trinajstić information content (AvgIpc) is 3.42. The molecule has 3 aromatic carbocycles. The highest BCUT2D eigenvalue weighted by Gasteiger charge is 2.29. The molecule has 0 radical (unpaired) electrons. The predicted octanol–water partition coefficient (Wildman–Crippen LogP) is 5.88. The summed E-state index contributed by atoms with van der Waals surface area (Å²) in [6.45, 7) is 4.96. The number of sulfonamides is 1. The number of hydrogen-bond acceptors (Lipinski definition) is 7. The lowest BCUT2D eigenvalue weighted by molar-refractivity contribution is 0.0376. The van der Waals surface area contributed by atoms with E-state index in [2.05, 4.69) is 4.90 Å². The van der Waals surface area contributed by atoms with Gasteiger partial charge in [0.05, 0.1) is 34.0 Å². The molecule has 2 aliphatic heterocycles. The van der Waals surface area contributed by atoms with Crippen molar-refractivity contribution in [2.45, 2.75) is 24.2 Å². The normalized spacial score (nSPS) is 15.7. The van der Waals surface area contributed by atoms with Crippen LogP contribution in [0.3, 0.4) is 0 Å². The highest BCUT2D eigenvalue weighted by Crippen LogP contribution is 2.33. The van der Waals surface area contributed by atoms with Gasteiger partial charge in [-0.3, -0.25) is 18.9 Å². The molecular weight excluding hydrogens is 615 g/mol. The molecule has 1 aromatic heterocycles. The molecule has 0 saturated carbocycles. The smallest absolute Gasteiger partial charge is 0.264 e. The number of anilines is 2. The number of fused-ring (bicyclic) bond motifs is 2. The van der Waals surface area contributed by atoms with Crippen molar-refractivity contribution in [1.29, 1.82) is 0 Å². The van der Waals surface area contributed by atoms with Gasteiger partial charge >= 0.3 is 0 Å². The summed E-state index contributed by atoms with van der Waals surface area (Å²) in [4.78, 5) is 22.8. The van der Waals surface area contributed by atoms with Crippen LogP contribution in [-0.2, 0) is 21.2 Å². The van der Waals surface area contributed by atoms with E-state index in [0.717, 1.165) is 73.6 Å². The number of morpholine rings is 1. The number of ether oxygens (including phenoxy) is 1. The van der Waals surface area contributed by atoms with Crippen LogP contribution in [-0.4, -0.2) is 70.1 Å². The van der Waals surface area contributed by atoms with Crippen molar-refractivity contribution >= 4 is 72.3 Å². The number of aromatic nitrogens is 1. The Morgan fingerprint density at radius 2 is 1.79 bits per heavy atom. The molecule has 2 aliphatic rings. The number of thiazole rings is 1. The number of carbonyl (C=O) groups excluding carboxylic acids is 1. The SMILES string of the molecule is Cl.O=C(c1ccc(S(=O)(=O)N2CCCc3ccccc32)cc1)N(CCCN1CCOCC1)c1nc2ccc(Cl)cc2s1. The molecule has 0 atom stereocenters. The van der Waals surface area contributed by atoms with Gasteiger partial charge in [-0.05, 0) is 73.4 Å². The standard InChI is InChI=1S/C30H31ClN4O4S2.ClH/c31-24-10-13-26-28(21-24)40-30(32-26)34(15-4-14-33-17-19-39-20-18-33)29(36)23-8-11-25(12-9-23)41(37,38)35-16-3-6-22-5-1-2-7-27(22)35;/h1-2,5,7-13,21H,3-4,6,14-20H2;1H. The number of hydrogen-bond donors (Lipinski definition) is 0. The summed E-state index contributed by atoms with van der Waals surface area (Å²) in [7, 11) is -3.77. The van der Waals surface area contributed by atoms with Gasteiger partial charge in [0, 0.05) is 43.3 Å². The molecule has 8 nitrogen and oxygen atoms in total. The summed E-state index contributed by atoms with van der Waals surface area (Å²) in [6.07, 6.45) is 2.39. The van der Waals surface area contributed by atoms with E-state index in [1.165, 1.54) is 27.8 Å². The van der Waals surface area contributed by atoms with Crippen LogP contribution in [0.15, 0.2) is 71.6 Å². The number of halogens is 2. The van der Waals surface area contributed by atoms with E-state index in [9.17, 15) is 13.2 Å². The zero-order valence-electron chi connectivity index (χ0n) is 22.9. The largest absolute Gasteiger partial charge is 0.379 e. The van der Waals surface area contributed by atoms with Crippen LogP contribution in [0, 0.1) is 0 Å². The van der Waals surface area contributed by atoms with Gasteiger partial charge in [0.15, 0.2) is 5.13 Å². The molecule has 222 valence electrons. The maximum atomic E-state index is 13.9. The predicted molar refractivity (Wildman–Crippen MR) is 171 cm³/mol. The molecule has 0 spiro atoms. The van der Waals surface area contributed by atoms with E-state index in [1.807, 2.05) is 36.4 Å². The first kappa shape index (κ1) is 30.7. The van der Waals surface area contributed by atoms with Crippen molar-refractivity contribution in [3.05, 3.63) is 82.9 Å². The summed E-state index contributed by atoms with van der Waals surface area (Å²) in [6, 6.07) is 19.4. The fourth-order valence-corrected chi connectivity index (χ4v) is 8.17. The Morgan fingerprint density at radius 1 is 1.02 bits per heavy atom. The van der Waals surface area contributed by atoms with E-state index in [4.69, 9.17) is 21.3 Å². The molecule has 42 heavy (non-hydrogen) atoms. The minimum absolute atomic E-state index is 0. The fourth-order valence-electron chi connectivity index (χ4n) is 5.36. The number of carbonyl (C=O) groups is 1. The Bertz CT molecular complexity index is 1660. The minimum Gasteiger partial charge on any atom is -0.379 e. The van der Waals surface area contributed by atoms with E-state index in [-0.39, 0.29) is 23.2 Å². The third-order valence-corrected chi connectivity index (χ3v) is 10.6. The molecule has 1 saturated heterocycles. The van der Waals surface area contributed by atoms with E-state index >= 15 is 0 Å². The Labute approximate surface area is 261 Å². The van der Waals surface area contributed by atoms with Crippen LogP contribution in [0.5, 0.6) is 0 Å². The number of nitrogens with zero attached hydrogens (tertiary/aromatic N) is 4. The van der Waals surface area contributed by atoms with Gasteiger partial charge in [-0.15, -0.1) is 12.4 Å². The Hall–Kier alpha value is -2.73. The number of benzene rings is 3. The van der Waals surface area contributed by atoms with Gasteiger partial charge in [0.25, 0.3) is 15.9 Å². The molecule has 3 heterocycles. The van der Waals surface area contributed by atoms with E-state index in [0.29, 0.717) is 28.8 Å². The fraction of sp³-hybridized carbons (Fsp3) is 0.333. The highest BCUT2D eigenvalue weighted by atomic mass is 35.5. The monoisotopic (exact) mass is 646 g/mol. The molecule has 6 rings (SSSR count). The van der Waals surface area contributed by atoms with Crippen molar-refractivity contribution in [3.8, 4) is 0 Å². The van der Waals surface area contributed by atoms with Gasteiger partial charge in [-0.1, -0.05) is 41.1 Å². The summed E-state index contributed by atoms with van der Waals surface area (Å²) >= 11 is 7.62. The first-order valence-electron chi connectivity index (χ1n) is 13.8. The van der Waals surface area contributed by atoms with Gasteiger partial charge in [0.2, 0.25) is 0 Å². The summed E-state index contributed by atoms with van der Waals surface area (Å²) in [5.41, 5.74) is 2.94. The van der Waals surface area contributed by atoms with Crippen molar-refractivity contribution < 1.29 is 17.9 Å². The summed E-state index contributed by atoms with van der Waals surface area (Å²) in [5, 5.41) is 1.21.